The van der Waals surface area contributed by atoms with Gasteiger partial charge in [-0.1, -0.05) is 41.4 Å². The van der Waals surface area contributed by atoms with Crippen LogP contribution in [0.15, 0.2) is 53.4 Å². The summed E-state index contributed by atoms with van der Waals surface area (Å²) >= 11 is 12.9. The van der Waals surface area contributed by atoms with E-state index in [-0.39, 0.29) is 46.4 Å². The molecule has 1 aliphatic heterocycles. The Morgan fingerprint density at radius 1 is 1.05 bits per heavy atom. The molecule has 2 amide bonds. The first kappa shape index (κ1) is 29.4. The number of hydrogen-bond acceptors (Lipinski definition) is 5. The molecule has 1 aliphatic rings. The molecule has 4 rings (SSSR count). The summed E-state index contributed by atoms with van der Waals surface area (Å²) in [4.78, 5) is 39.2. The maximum atomic E-state index is 14.1. The molecule has 2 N–H and O–H groups in total. The van der Waals surface area contributed by atoms with Gasteiger partial charge in [0.15, 0.2) is 9.84 Å². The average Bonchev–Trinajstić information content (AvgIpc) is 2.87. The molecule has 210 valence electrons. The van der Waals surface area contributed by atoms with Crippen LogP contribution in [-0.2, 0) is 34.0 Å². The Hall–Kier alpha value is -3.54. The summed E-state index contributed by atoms with van der Waals surface area (Å²) in [7, 11) is -3.53. The number of carboxylic acids is 1. The molecule has 0 saturated carbocycles. The zero-order valence-electron chi connectivity index (χ0n) is 20.9. The molecule has 0 fully saturated rings. The first-order chi connectivity index (χ1) is 18.8. The van der Waals surface area contributed by atoms with Crippen molar-refractivity contribution in [1.82, 2.24) is 10.2 Å². The number of rotatable bonds is 7. The SMILES string of the molecule is CS(=O)(=O)c1cccc(C[C@H](NC(=O)c2c(Cl)cc3c(c2Cl)CCN(C(=O)c2c(F)cccc2F)C3)C(=O)O)c1. The number of benzene rings is 3. The highest BCUT2D eigenvalue weighted by Crippen LogP contribution is 2.35. The van der Waals surface area contributed by atoms with Gasteiger partial charge in [0.2, 0.25) is 0 Å². The van der Waals surface area contributed by atoms with Crippen molar-refractivity contribution in [2.75, 3.05) is 12.8 Å². The van der Waals surface area contributed by atoms with Gasteiger partial charge in [0, 0.05) is 25.8 Å². The Balaban J connectivity index is 1.56. The van der Waals surface area contributed by atoms with E-state index in [1.807, 2.05) is 0 Å². The van der Waals surface area contributed by atoms with Crippen LogP contribution in [0.2, 0.25) is 10.0 Å². The lowest BCUT2D eigenvalue weighted by Gasteiger charge is -2.30. The van der Waals surface area contributed by atoms with E-state index in [1.54, 1.807) is 0 Å². The molecule has 1 heterocycles. The van der Waals surface area contributed by atoms with Crippen molar-refractivity contribution in [2.24, 2.45) is 0 Å². The maximum absolute atomic E-state index is 14.1. The fraction of sp³-hybridized carbons (Fsp3) is 0.222. The predicted octanol–water partition coefficient (Wildman–Crippen LogP) is 4.30. The number of carbonyl (C=O) groups is 3. The van der Waals surface area contributed by atoms with Gasteiger partial charge in [-0.15, -0.1) is 0 Å². The van der Waals surface area contributed by atoms with Gasteiger partial charge in [-0.25, -0.2) is 22.0 Å². The minimum Gasteiger partial charge on any atom is -0.480 e. The summed E-state index contributed by atoms with van der Waals surface area (Å²) in [6, 6.07) is 8.81. The molecule has 0 spiro atoms. The number of nitrogens with one attached hydrogen (secondary N) is 1. The van der Waals surface area contributed by atoms with Gasteiger partial charge in [0.05, 0.1) is 20.5 Å². The number of fused-ring (bicyclic) bond motifs is 1. The topological polar surface area (TPSA) is 121 Å². The molecule has 13 heteroatoms. The fourth-order valence-electron chi connectivity index (χ4n) is 4.46. The number of carboxylic acid groups (broad SMARTS) is 1. The minimum absolute atomic E-state index is 0.00603. The second kappa shape index (κ2) is 11.5. The van der Waals surface area contributed by atoms with Crippen molar-refractivity contribution < 1.29 is 36.7 Å². The van der Waals surface area contributed by atoms with Crippen molar-refractivity contribution in [2.45, 2.75) is 30.3 Å². The van der Waals surface area contributed by atoms with Crippen LogP contribution in [0, 0.1) is 11.6 Å². The van der Waals surface area contributed by atoms with Crippen LogP contribution in [0.3, 0.4) is 0 Å². The Morgan fingerprint density at radius 3 is 2.33 bits per heavy atom. The number of amides is 2. The number of sulfone groups is 1. The Morgan fingerprint density at radius 2 is 1.70 bits per heavy atom. The largest absolute Gasteiger partial charge is 0.480 e. The smallest absolute Gasteiger partial charge is 0.326 e. The maximum Gasteiger partial charge on any atom is 0.326 e. The van der Waals surface area contributed by atoms with Crippen LogP contribution in [0.25, 0.3) is 0 Å². The summed E-state index contributed by atoms with van der Waals surface area (Å²) in [6.07, 6.45) is 0.957. The Kier molecular flexibility index (Phi) is 8.48. The molecule has 0 radical (unpaired) electrons. The molecule has 0 aliphatic carbocycles. The number of hydrogen-bond donors (Lipinski definition) is 2. The van der Waals surface area contributed by atoms with Crippen molar-refractivity contribution >= 4 is 50.8 Å². The van der Waals surface area contributed by atoms with Crippen molar-refractivity contribution in [3.05, 3.63) is 98.0 Å². The summed E-state index contributed by atoms with van der Waals surface area (Å²) in [5.41, 5.74) is 0.477. The fourth-order valence-corrected chi connectivity index (χ4v) is 5.92. The van der Waals surface area contributed by atoms with E-state index in [2.05, 4.69) is 5.32 Å². The Bertz CT molecular complexity index is 1630. The molecule has 3 aromatic rings. The molecule has 0 unspecified atom stereocenters. The van der Waals surface area contributed by atoms with E-state index in [0.717, 1.165) is 24.5 Å². The second-order valence-electron chi connectivity index (χ2n) is 9.25. The first-order valence-corrected chi connectivity index (χ1v) is 14.5. The normalized spacial score (nSPS) is 13.9. The molecule has 0 aromatic heterocycles. The lowest BCUT2D eigenvalue weighted by molar-refractivity contribution is -0.139. The number of carbonyl (C=O) groups excluding carboxylic acids is 2. The first-order valence-electron chi connectivity index (χ1n) is 11.8. The van der Waals surface area contributed by atoms with Gasteiger partial charge in [-0.05, 0) is 53.4 Å². The highest BCUT2D eigenvalue weighted by atomic mass is 35.5. The zero-order chi connectivity index (χ0) is 29.4. The molecule has 0 saturated heterocycles. The lowest BCUT2D eigenvalue weighted by Crippen LogP contribution is -2.43. The van der Waals surface area contributed by atoms with Gasteiger partial charge >= 0.3 is 5.97 Å². The number of halogens is 4. The third kappa shape index (κ3) is 6.11. The number of aliphatic carboxylic acids is 1. The van der Waals surface area contributed by atoms with Crippen molar-refractivity contribution in [1.29, 1.82) is 0 Å². The van der Waals surface area contributed by atoms with E-state index in [0.29, 0.717) is 16.7 Å². The van der Waals surface area contributed by atoms with Gasteiger partial charge in [-0.3, -0.25) is 9.59 Å². The van der Waals surface area contributed by atoms with E-state index >= 15 is 0 Å². The zero-order valence-corrected chi connectivity index (χ0v) is 23.2. The summed E-state index contributed by atoms with van der Waals surface area (Å²) in [5.74, 6) is -5.06. The van der Waals surface area contributed by atoms with Crippen LogP contribution in [-0.4, -0.2) is 55.1 Å². The highest BCUT2D eigenvalue weighted by molar-refractivity contribution is 7.90. The second-order valence-corrected chi connectivity index (χ2v) is 12.0. The van der Waals surface area contributed by atoms with Gasteiger partial charge < -0.3 is 15.3 Å². The standard InChI is InChI=1S/C27H22Cl2F2N2O6S/c1-40(38,39)16-5-2-4-14(10-16)11-21(27(36)37)32-25(34)22-18(28)12-15-13-33(9-8-17(15)24(22)29)26(35)23-19(30)6-3-7-20(23)31/h2-7,10,12,21H,8-9,11,13H2,1H3,(H,32,34)(H,36,37)/t21-/m0/s1. The highest BCUT2D eigenvalue weighted by Gasteiger charge is 2.31. The van der Waals surface area contributed by atoms with Gasteiger partial charge in [0.1, 0.15) is 23.2 Å². The van der Waals surface area contributed by atoms with E-state index in [9.17, 15) is 36.7 Å². The van der Waals surface area contributed by atoms with Crippen molar-refractivity contribution in [3.8, 4) is 0 Å². The van der Waals surface area contributed by atoms with Crippen LogP contribution >= 0.6 is 23.2 Å². The molecule has 8 nitrogen and oxygen atoms in total. The van der Waals surface area contributed by atoms with Crippen LogP contribution in [0.4, 0.5) is 8.78 Å². The summed E-state index contributed by atoms with van der Waals surface area (Å²) < 4.78 is 52.0. The van der Waals surface area contributed by atoms with Gasteiger partial charge in [-0.2, -0.15) is 0 Å². The summed E-state index contributed by atoms with van der Waals surface area (Å²) in [5, 5.41) is 11.9. The van der Waals surface area contributed by atoms with E-state index < -0.39 is 50.9 Å². The quantitative estimate of drug-likeness (QED) is 0.411. The molecular weight excluding hydrogens is 589 g/mol. The monoisotopic (exact) mass is 610 g/mol. The molecule has 0 bridgehead atoms. The third-order valence-corrected chi connectivity index (χ3v) is 8.29. The van der Waals surface area contributed by atoms with Gasteiger partial charge in [0.25, 0.3) is 11.8 Å². The Labute approximate surface area is 238 Å². The van der Waals surface area contributed by atoms with Crippen LogP contribution in [0.5, 0.6) is 0 Å². The molecular formula is C27H22Cl2F2N2O6S. The summed E-state index contributed by atoms with van der Waals surface area (Å²) in [6.45, 7) is -0.0197. The number of nitrogens with zero attached hydrogens (tertiary/aromatic N) is 1. The molecule has 1 atom stereocenters. The third-order valence-electron chi connectivity index (χ3n) is 6.47. The molecule has 40 heavy (non-hydrogen) atoms. The van der Waals surface area contributed by atoms with Crippen molar-refractivity contribution in [3.63, 3.8) is 0 Å². The lowest BCUT2D eigenvalue weighted by atomic mass is 9.95. The average molecular weight is 611 g/mol. The van der Waals surface area contributed by atoms with E-state index in [4.69, 9.17) is 23.2 Å². The van der Waals surface area contributed by atoms with Crippen LogP contribution in [0.1, 0.15) is 37.4 Å². The predicted molar refractivity (Wildman–Crippen MR) is 143 cm³/mol. The molecule has 3 aromatic carbocycles. The minimum atomic E-state index is -3.53. The van der Waals surface area contributed by atoms with Crippen LogP contribution < -0.4 is 5.32 Å². The van der Waals surface area contributed by atoms with E-state index in [1.165, 1.54) is 35.2 Å².